The van der Waals surface area contributed by atoms with E-state index in [1.165, 1.54) is 11.8 Å². The molecule has 1 saturated heterocycles. The maximum absolute atomic E-state index is 13.5. The number of anilines is 1. The van der Waals surface area contributed by atoms with Gasteiger partial charge in [-0.15, -0.1) is 0 Å². The highest BCUT2D eigenvalue weighted by Gasteiger charge is 2.41. The topological polar surface area (TPSA) is 40.6 Å². The third kappa shape index (κ3) is 4.43. The monoisotopic (exact) mass is 470 g/mol. The van der Waals surface area contributed by atoms with Crippen LogP contribution in [0.25, 0.3) is 5.57 Å². The molecule has 31 heavy (non-hydrogen) atoms. The van der Waals surface area contributed by atoms with Gasteiger partial charge in [-0.05, 0) is 30.2 Å². The third-order valence-electron chi connectivity index (χ3n) is 5.49. The number of thiocarbonyl (C=S) groups is 1. The Bertz CT molecular complexity index is 1070. The van der Waals surface area contributed by atoms with Crippen LogP contribution in [0, 0.1) is 0 Å². The smallest absolute Gasteiger partial charge is 0.267 e. The Labute approximate surface area is 197 Å². The molecule has 0 N–H and O–H groups in total. The molecule has 0 saturated carbocycles. The minimum absolute atomic E-state index is 0.155. The molecular formula is C24H23ClN2O2S2. The maximum atomic E-state index is 13.5. The van der Waals surface area contributed by atoms with E-state index < -0.39 is 0 Å². The average molecular weight is 471 g/mol. The van der Waals surface area contributed by atoms with Gasteiger partial charge in [-0.2, -0.15) is 0 Å². The number of carbonyl (C=O) groups excluding carboxylic acids is 2. The first-order valence-corrected chi connectivity index (χ1v) is 12.0. The highest BCUT2D eigenvalue weighted by atomic mass is 35.5. The summed E-state index contributed by atoms with van der Waals surface area (Å²) in [5.74, 6) is -0.319. The second-order valence-electron chi connectivity index (χ2n) is 7.62. The normalized spacial score (nSPS) is 18.3. The van der Waals surface area contributed by atoms with Crippen LogP contribution >= 0.6 is 35.6 Å². The van der Waals surface area contributed by atoms with Crippen molar-refractivity contribution in [2.45, 2.75) is 39.2 Å². The van der Waals surface area contributed by atoms with Crippen molar-refractivity contribution in [3.05, 3.63) is 69.6 Å². The third-order valence-corrected chi connectivity index (χ3v) is 7.19. The van der Waals surface area contributed by atoms with E-state index in [4.69, 9.17) is 23.8 Å². The quantitative estimate of drug-likeness (QED) is 0.281. The molecule has 2 aromatic carbocycles. The summed E-state index contributed by atoms with van der Waals surface area (Å²) in [5, 5.41) is 0.653. The van der Waals surface area contributed by atoms with Gasteiger partial charge in [0.2, 0.25) is 0 Å². The first kappa shape index (κ1) is 22.1. The number of para-hydroxylation sites is 1. The summed E-state index contributed by atoms with van der Waals surface area (Å²) in [6, 6.07) is 15.1. The summed E-state index contributed by atoms with van der Waals surface area (Å²) in [4.78, 5) is 30.5. The van der Waals surface area contributed by atoms with E-state index >= 15 is 0 Å². The Balaban J connectivity index is 1.64. The summed E-state index contributed by atoms with van der Waals surface area (Å²) < 4.78 is 0.533. The number of hydrogen-bond donors (Lipinski definition) is 0. The van der Waals surface area contributed by atoms with Crippen LogP contribution in [0.15, 0.2) is 53.4 Å². The number of thioether (sulfide) groups is 1. The van der Waals surface area contributed by atoms with Gasteiger partial charge in [-0.1, -0.05) is 92.1 Å². The van der Waals surface area contributed by atoms with Crippen LogP contribution in [0.4, 0.5) is 5.69 Å². The van der Waals surface area contributed by atoms with Crippen LogP contribution < -0.4 is 4.90 Å². The summed E-state index contributed by atoms with van der Waals surface area (Å²) >= 11 is 12.7. The lowest BCUT2D eigenvalue weighted by molar-refractivity contribution is -0.122. The Morgan fingerprint density at radius 1 is 0.935 bits per heavy atom. The minimum Gasteiger partial charge on any atom is -0.303 e. The van der Waals surface area contributed by atoms with Gasteiger partial charge in [0, 0.05) is 17.1 Å². The van der Waals surface area contributed by atoms with Gasteiger partial charge in [-0.3, -0.25) is 14.5 Å². The number of hydrogen-bond acceptors (Lipinski definition) is 4. The van der Waals surface area contributed by atoms with E-state index in [0.717, 1.165) is 42.5 Å². The summed E-state index contributed by atoms with van der Waals surface area (Å²) in [5.41, 5.74) is 3.02. The number of fused-ring (bicyclic) bond motifs is 1. The first-order chi connectivity index (χ1) is 15.0. The zero-order valence-corrected chi connectivity index (χ0v) is 19.7. The van der Waals surface area contributed by atoms with Gasteiger partial charge in [-0.25, -0.2) is 0 Å². The molecule has 0 bridgehead atoms. The van der Waals surface area contributed by atoms with E-state index in [1.54, 1.807) is 9.80 Å². The molecule has 2 heterocycles. The van der Waals surface area contributed by atoms with E-state index in [1.807, 2.05) is 48.5 Å². The van der Waals surface area contributed by atoms with Gasteiger partial charge in [0.1, 0.15) is 4.32 Å². The molecule has 2 aromatic rings. The van der Waals surface area contributed by atoms with E-state index in [-0.39, 0.29) is 11.8 Å². The minimum atomic E-state index is -0.164. The lowest BCUT2D eigenvalue weighted by atomic mass is 10.1. The number of nitrogens with zero attached hydrogens (tertiary/aromatic N) is 2. The predicted molar refractivity (Wildman–Crippen MR) is 132 cm³/mol. The summed E-state index contributed by atoms with van der Waals surface area (Å²) in [6.07, 6.45) is 4.25. The molecule has 0 aromatic heterocycles. The number of benzene rings is 2. The van der Waals surface area contributed by atoms with Crippen molar-refractivity contribution in [2.75, 3.05) is 11.4 Å². The van der Waals surface area contributed by atoms with Crippen LogP contribution in [0.2, 0.25) is 5.02 Å². The highest BCUT2D eigenvalue weighted by molar-refractivity contribution is 8.26. The molecule has 0 spiro atoms. The molecule has 0 aliphatic carbocycles. The Kier molecular flexibility index (Phi) is 6.80. The van der Waals surface area contributed by atoms with Gasteiger partial charge < -0.3 is 4.90 Å². The van der Waals surface area contributed by atoms with Gasteiger partial charge >= 0.3 is 0 Å². The number of rotatable bonds is 7. The van der Waals surface area contributed by atoms with Crippen LogP contribution in [0.3, 0.4) is 0 Å². The van der Waals surface area contributed by atoms with E-state index in [0.29, 0.717) is 32.9 Å². The number of halogens is 1. The van der Waals surface area contributed by atoms with Crippen LogP contribution in [0.5, 0.6) is 0 Å². The molecule has 160 valence electrons. The summed E-state index contributed by atoms with van der Waals surface area (Å²) in [7, 11) is 0. The molecule has 2 aliphatic rings. The molecule has 1 fully saturated rings. The van der Waals surface area contributed by atoms with Gasteiger partial charge in [0.25, 0.3) is 11.8 Å². The molecule has 2 amide bonds. The fourth-order valence-corrected chi connectivity index (χ4v) is 5.37. The largest absolute Gasteiger partial charge is 0.303 e. The van der Waals surface area contributed by atoms with Crippen molar-refractivity contribution in [1.82, 2.24) is 4.90 Å². The summed E-state index contributed by atoms with van der Waals surface area (Å²) in [6.45, 7) is 3.17. The lowest BCUT2D eigenvalue weighted by Crippen LogP contribution is -2.30. The molecule has 0 unspecified atom stereocenters. The van der Waals surface area contributed by atoms with Crippen molar-refractivity contribution in [3.63, 3.8) is 0 Å². The van der Waals surface area contributed by atoms with Crippen LogP contribution in [0.1, 0.15) is 43.7 Å². The number of amides is 2. The second-order valence-corrected chi connectivity index (χ2v) is 9.71. The molecule has 4 nitrogen and oxygen atoms in total. The van der Waals surface area contributed by atoms with Crippen molar-refractivity contribution in [2.24, 2.45) is 0 Å². The van der Waals surface area contributed by atoms with Crippen molar-refractivity contribution in [1.29, 1.82) is 0 Å². The predicted octanol–water partition coefficient (Wildman–Crippen LogP) is 6.04. The first-order valence-electron chi connectivity index (χ1n) is 10.4. The van der Waals surface area contributed by atoms with Gasteiger partial charge in [0.15, 0.2) is 0 Å². The fraction of sp³-hybridized carbons (Fsp3) is 0.292. The molecule has 0 radical (unpaired) electrons. The molecule has 2 aliphatic heterocycles. The molecule has 4 rings (SSSR count). The van der Waals surface area contributed by atoms with Crippen LogP contribution in [-0.2, 0) is 16.1 Å². The zero-order chi connectivity index (χ0) is 22.0. The Hall–Kier alpha value is -2.15. The van der Waals surface area contributed by atoms with Crippen molar-refractivity contribution >= 4 is 63.0 Å². The number of carbonyl (C=O) groups is 2. The standard InChI is InChI=1S/C24H23ClN2O2S2/c1-2-3-4-7-14-26-23(29)21(31-24(26)30)20-18-8-5-6-9-19(18)27(22(20)28)15-16-10-12-17(25)13-11-16/h5-6,8-13H,2-4,7,14-15H2,1H3. The molecule has 7 heteroatoms. The Morgan fingerprint density at radius 2 is 1.68 bits per heavy atom. The van der Waals surface area contributed by atoms with Crippen molar-refractivity contribution in [3.8, 4) is 0 Å². The van der Waals surface area contributed by atoms with Gasteiger partial charge in [0.05, 0.1) is 22.7 Å². The molecular weight excluding hydrogens is 448 g/mol. The number of unbranched alkanes of at least 4 members (excludes halogenated alkanes) is 3. The van der Waals surface area contributed by atoms with Crippen molar-refractivity contribution < 1.29 is 9.59 Å². The Morgan fingerprint density at radius 3 is 2.42 bits per heavy atom. The highest BCUT2D eigenvalue weighted by Crippen LogP contribution is 2.45. The SMILES string of the molecule is CCCCCCN1C(=O)C(=C2C(=O)N(Cc3ccc(Cl)cc3)c3ccccc32)SC1=S. The average Bonchev–Trinajstić information content (AvgIpc) is 3.20. The zero-order valence-electron chi connectivity index (χ0n) is 17.3. The maximum Gasteiger partial charge on any atom is 0.267 e. The lowest BCUT2D eigenvalue weighted by Gasteiger charge is -2.17. The van der Waals surface area contributed by atoms with E-state index in [2.05, 4.69) is 6.92 Å². The fourth-order valence-electron chi connectivity index (χ4n) is 3.87. The second kappa shape index (κ2) is 9.55. The van der Waals surface area contributed by atoms with Crippen LogP contribution in [-0.4, -0.2) is 27.6 Å². The van der Waals surface area contributed by atoms with E-state index in [9.17, 15) is 9.59 Å². The molecule has 0 atom stereocenters.